The van der Waals surface area contributed by atoms with E-state index in [0.717, 1.165) is 22.2 Å². The molecule has 160 valence electrons. The molecule has 0 atom stereocenters. The number of nitrogens with zero attached hydrogens (tertiary/aromatic N) is 3. The maximum atomic E-state index is 6.63. The molecular formula is C25H27ClN4S. The van der Waals surface area contributed by atoms with Crippen molar-refractivity contribution >= 4 is 46.9 Å². The molecule has 4 rings (SSSR count). The summed E-state index contributed by atoms with van der Waals surface area (Å²) in [4.78, 5) is 9.92. The molecule has 1 N–H and O–H groups in total. The molecule has 0 bridgehead atoms. The number of aliphatic imine (C=N–C) groups is 2. The lowest BCUT2D eigenvalue weighted by Gasteiger charge is -2.22. The van der Waals surface area contributed by atoms with Crippen LogP contribution in [0.4, 0.5) is 0 Å². The molecule has 1 aromatic heterocycles. The van der Waals surface area contributed by atoms with Crippen molar-refractivity contribution in [3.05, 3.63) is 77.6 Å². The molecular weight excluding hydrogens is 424 g/mol. The summed E-state index contributed by atoms with van der Waals surface area (Å²) in [6.45, 7) is 4.10. The molecule has 1 aliphatic carbocycles. The first-order valence-corrected chi connectivity index (χ1v) is 11.8. The standard InChI is InChI=1S/C25H27ClN4S/c1-27-16-23(26)25(29-18-28-19-10-4-2-5-11-19)22-17-30(24-15-9-8-14-21(22)24)31-20-12-6-3-7-13-20/h3,6-9,12-17,19,28H,1-2,4-5,10-11,18H2/b23-16+,29-25-. The highest BCUT2D eigenvalue weighted by Crippen LogP contribution is 2.31. The summed E-state index contributed by atoms with van der Waals surface area (Å²) in [6.07, 6.45) is 10.0. The average Bonchev–Trinajstić information content (AvgIpc) is 3.16. The van der Waals surface area contributed by atoms with Crippen molar-refractivity contribution in [1.29, 1.82) is 0 Å². The Bertz CT molecular complexity index is 1080. The van der Waals surface area contributed by atoms with E-state index in [-0.39, 0.29) is 0 Å². The van der Waals surface area contributed by atoms with Crippen molar-refractivity contribution in [1.82, 2.24) is 9.29 Å². The van der Waals surface area contributed by atoms with Crippen LogP contribution in [0.2, 0.25) is 0 Å². The second kappa shape index (κ2) is 10.8. The summed E-state index contributed by atoms with van der Waals surface area (Å²) in [5.41, 5.74) is 2.85. The molecule has 1 saturated carbocycles. The van der Waals surface area contributed by atoms with Crippen LogP contribution in [0.25, 0.3) is 10.9 Å². The monoisotopic (exact) mass is 450 g/mol. The van der Waals surface area contributed by atoms with Gasteiger partial charge in [0.1, 0.15) is 0 Å². The highest BCUT2D eigenvalue weighted by atomic mass is 35.5. The van der Waals surface area contributed by atoms with Crippen LogP contribution in [0.5, 0.6) is 0 Å². The van der Waals surface area contributed by atoms with Crippen LogP contribution in [-0.4, -0.2) is 29.1 Å². The molecule has 0 radical (unpaired) electrons. The predicted octanol–water partition coefficient (Wildman–Crippen LogP) is 6.65. The first-order valence-electron chi connectivity index (χ1n) is 10.7. The van der Waals surface area contributed by atoms with Gasteiger partial charge in [-0.1, -0.05) is 67.3 Å². The first-order chi connectivity index (χ1) is 15.3. The van der Waals surface area contributed by atoms with Crippen molar-refractivity contribution in [2.75, 3.05) is 6.67 Å². The van der Waals surface area contributed by atoms with Crippen molar-refractivity contribution in [3.63, 3.8) is 0 Å². The number of fused-ring (bicyclic) bond motifs is 1. The van der Waals surface area contributed by atoms with Gasteiger partial charge in [0.2, 0.25) is 0 Å². The molecule has 6 heteroatoms. The van der Waals surface area contributed by atoms with Gasteiger partial charge in [-0.05, 0) is 49.7 Å². The maximum Gasteiger partial charge on any atom is 0.0894 e. The van der Waals surface area contributed by atoms with E-state index in [1.165, 1.54) is 37.0 Å². The molecule has 1 fully saturated rings. The second-order valence-electron chi connectivity index (χ2n) is 7.65. The third kappa shape index (κ3) is 5.48. The normalized spacial score (nSPS) is 16.0. The lowest BCUT2D eigenvalue weighted by molar-refractivity contribution is 0.378. The van der Waals surface area contributed by atoms with Crippen LogP contribution in [0, 0.1) is 0 Å². The predicted molar refractivity (Wildman–Crippen MR) is 135 cm³/mol. The molecule has 2 aromatic carbocycles. The number of rotatable bonds is 8. The Labute approximate surface area is 193 Å². The van der Waals surface area contributed by atoms with Gasteiger partial charge in [0, 0.05) is 34.3 Å². The maximum absolute atomic E-state index is 6.63. The minimum atomic E-state index is 0.494. The van der Waals surface area contributed by atoms with Gasteiger partial charge in [0.25, 0.3) is 0 Å². The minimum absolute atomic E-state index is 0.494. The lowest BCUT2D eigenvalue weighted by Crippen LogP contribution is -2.31. The van der Waals surface area contributed by atoms with Crippen LogP contribution in [0.15, 0.2) is 86.9 Å². The fourth-order valence-electron chi connectivity index (χ4n) is 4.00. The van der Waals surface area contributed by atoms with Crippen molar-refractivity contribution < 1.29 is 0 Å². The molecule has 3 aromatic rings. The molecule has 1 aliphatic rings. The molecule has 0 aliphatic heterocycles. The zero-order chi connectivity index (χ0) is 21.5. The van der Waals surface area contributed by atoms with Gasteiger partial charge in [-0.3, -0.25) is 19.3 Å². The molecule has 1 heterocycles. The fraction of sp³-hybridized carbons (Fsp3) is 0.280. The summed E-state index contributed by atoms with van der Waals surface area (Å²) < 4.78 is 2.18. The summed E-state index contributed by atoms with van der Waals surface area (Å²) in [5, 5.41) is 5.18. The number of hydrogen-bond donors (Lipinski definition) is 1. The summed E-state index contributed by atoms with van der Waals surface area (Å²) in [6, 6.07) is 19.2. The van der Waals surface area contributed by atoms with E-state index in [2.05, 4.69) is 57.5 Å². The Morgan fingerprint density at radius 1 is 1.10 bits per heavy atom. The van der Waals surface area contributed by atoms with E-state index in [1.807, 2.05) is 24.3 Å². The van der Waals surface area contributed by atoms with E-state index in [0.29, 0.717) is 17.7 Å². The largest absolute Gasteiger partial charge is 0.296 e. The molecule has 31 heavy (non-hydrogen) atoms. The van der Waals surface area contributed by atoms with Gasteiger partial charge >= 0.3 is 0 Å². The van der Waals surface area contributed by atoms with E-state index in [1.54, 1.807) is 18.1 Å². The number of halogens is 1. The first kappa shape index (κ1) is 21.9. The third-order valence-corrected chi connectivity index (χ3v) is 6.79. The number of benzene rings is 2. The van der Waals surface area contributed by atoms with E-state index >= 15 is 0 Å². The SMILES string of the molecule is C=N/C=C(Cl)\C(=N/CNC1CCCCC1)c1cn(Sc2ccccc2)c2ccccc12. The molecule has 0 saturated heterocycles. The second-order valence-corrected chi connectivity index (χ2v) is 9.11. The van der Waals surface area contributed by atoms with Crippen LogP contribution in [-0.2, 0) is 0 Å². The van der Waals surface area contributed by atoms with E-state index < -0.39 is 0 Å². The van der Waals surface area contributed by atoms with Crippen molar-refractivity contribution in [3.8, 4) is 0 Å². The number of para-hydroxylation sites is 1. The van der Waals surface area contributed by atoms with Crippen molar-refractivity contribution in [2.45, 2.75) is 43.0 Å². The summed E-state index contributed by atoms with van der Waals surface area (Å²) in [7, 11) is 0. The summed E-state index contributed by atoms with van der Waals surface area (Å²) in [5.74, 6) is 0. The van der Waals surface area contributed by atoms with E-state index in [9.17, 15) is 0 Å². The van der Waals surface area contributed by atoms with Gasteiger partial charge in [-0.25, -0.2) is 0 Å². The van der Waals surface area contributed by atoms with Crippen molar-refractivity contribution in [2.24, 2.45) is 9.98 Å². The quantitative estimate of drug-likeness (QED) is 0.390. The van der Waals surface area contributed by atoms with Gasteiger partial charge in [0.15, 0.2) is 0 Å². The molecule has 4 nitrogen and oxygen atoms in total. The van der Waals surface area contributed by atoms with Gasteiger partial charge < -0.3 is 0 Å². The minimum Gasteiger partial charge on any atom is -0.296 e. The molecule has 0 amide bonds. The van der Waals surface area contributed by atoms with Crippen LogP contribution >= 0.6 is 23.5 Å². The van der Waals surface area contributed by atoms with Gasteiger partial charge in [-0.15, -0.1) is 0 Å². The Hall–Kier alpha value is -2.34. The Balaban J connectivity index is 1.68. The Morgan fingerprint density at radius 2 is 1.84 bits per heavy atom. The highest BCUT2D eigenvalue weighted by Gasteiger charge is 2.17. The van der Waals surface area contributed by atoms with Gasteiger partial charge in [-0.2, -0.15) is 0 Å². The Kier molecular flexibility index (Phi) is 7.62. The summed E-state index contributed by atoms with van der Waals surface area (Å²) >= 11 is 8.30. The average molecular weight is 451 g/mol. The number of hydrogen-bond acceptors (Lipinski definition) is 4. The van der Waals surface area contributed by atoms with Crippen LogP contribution in [0.1, 0.15) is 37.7 Å². The zero-order valence-corrected chi connectivity index (χ0v) is 19.1. The topological polar surface area (TPSA) is 41.7 Å². The highest BCUT2D eigenvalue weighted by molar-refractivity contribution is 7.98. The Morgan fingerprint density at radius 3 is 2.61 bits per heavy atom. The fourth-order valence-corrected chi connectivity index (χ4v) is 5.15. The van der Waals surface area contributed by atoms with Crippen LogP contribution < -0.4 is 5.32 Å². The van der Waals surface area contributed by atoms with Crippen LogP contribution in [0.3, 0.4) is 0 Å². The smallest absolute Gasteiger partial charge is 0.0894 e. The zero-order valence-electron chi connectivity index (χ0n) is 17.5. The third-order valence-electron chi connectivity index (χ3n) is 5.53. The lowest BCUT2D eigenvalue weighted by atomic mass is 9.96. The molecule has 0 unspecified atom stereocenters. The van der Waals surface area contributed by atoms with Gasteiger partial charge in [0.05, 0.1) is 22.9 Å². The van der Waals surface area contributed by atoms with E-state index in [4.69, 9.17) is 16.6 Å². The number of aromatic nitrogens is 1. The number of allylic oxidation sites excluding steroid dienone is 1. The molecule has 0 spiro atoms. The number of nitrogens with one attached hydrogen (secondary N) is 1.